The summed E-state index contributed by atoms with van der Waals surface area (Å²) in [6.45, 7) is 0. The van der Waals surface area contributed by atoms with Gasteiger partial charge >= 0.3 is 0 Å². The first-order valence-electron chi connectivity index (χ1n) is 4.11. The van der Waals surface area contributed by atoms with Gasteiger partial charge in [0, 0.05) is 5.69 Å². The number of rotatable bonds is 1. The van der Waals surface area contributed by atoms with E-state index in [4.69, 9.17) is 5.73 Å². The molecule has 14 heavy (non-hydrogen) atoms. The highest BCUT2D eigenvalue weighted by molar-refractivity contribution is 8.15. The molecule has 0 radical (unpaired) electrons. The molecule has 1 heterocycles. The molecule has 1 saturated heterocycles. The highest BCUT2D eigenvalue weighted by atomic mass is 32.2. The summed E-state index contributed by atoms with van der Waals surface area (Å²) in [5.41, 5.74) is 7.02. The molecule has 1 amide bonds. The Kier molecular flexibility index (Phi) is 2.41. The van der Waals surface area contributed by atoms with Crippen LogP contribution in [0.15, 0.2) is 29.3 Å². The van der Waals surface area contributed by atoms with Crippen molar-refractivity contribution in [2.24, 2.45) is 4.99 Å². The van der Waals surface area contributed by atoms with Gasteiger partial charge in [0.15, 0.2) is 5.17 Å². The van der Waals surface area contributed by atoms with Crippen LogP contribution >= 0.6 is 11.8 Å². The number of amidine groups is 1. The minimum absolute atomic E-state index is 0.00217. The Morgan fingerprint density at radius 3 is 3.00 bits per heavy atom. The van der Waals surface area contributed by atoms with Crippen molar-refractivity contribution >= 4 is 34.2 Å². The lowest BCUT2D eigenvalue weighted by Crippen LogP contribution is -2.19. The fourth-order valence-corrected chi connectivity index (χ4v) is 1.79. The first-order chi connectivity index (χ1) is 6.74. The molecular formula is C9H9N3OS. The second kappa shape index (κ2) is 3.71. The van der Waals surface area contributed by atoms with Crippen molar-refractivity contribution in [2.75, 3.05) is 11.5 Å². The predicted molar refractivity (Wildman–Crippen MR) is 58.6 cm³/mol. The smallest absolute Gasteiger partial charge is 0.236 e. The lowest BCUT2D eigenvalue weighted by atomic mass is 10.3. The summed E-state index contributed by atoms with van der Waals surface area (Å²) in [6.07, 6.45) is 0. The number of benzene rings is 1. The number of carbonyl (C=O) groups excluding carboxylic acids is 1. The van der Waals surface area contributed by atoms with E-state index in [-0.39, 0.29) is 5.91 Å². The third kappa shape index (κ3) is 2.05. The number of aliphatic imine (C=N–C) groups is 1. The zero-order valence-corrected chi connectivity index (χ0v) is 8.17. The largest absolute Gasteiger partial charge is 0.399 e. The third-order valence-corrected chi connectivity index (χ3v) is 2.56. The average Bonchev–Trinajstić information content (AvgIpc) is 2.51. The van der Waals surface area contributed by atoms with Crippen LogP contribution in [0.5, 0.6) is 0 Å². The summed E-state index contributed by atoms with van der Waals surface area (Å²) in [5.74, 6) is 0.443. The van der Waals surface area contributed by atoms with Crippen LogP contribution in [0.2, 0.25) is 0 Å². The molecule has 0 saturated carbocycles. The molecule has 72 valence electrons. The number of nitrogens with zero attached hydrogens (tertiary/aromatic N) is 1. The number of thioether (sulfide) groups is 1. The van der Waals surface area contributed by atoms with Gasteiger partial charge in [-0.2, -0.15) is 0 Å². The van der Waals surface area contributed by atoms with Gasteiger partial charge in [0.1, 0.15) is 0 Å². The molecule has 4 nitrogen and oxygen atoms in total. The molecule has 0 atom stereocenters. The second-order valence-electron chi connectivity index (χ2n) is 2.85. The van der Waals surface area contributed by atoms with Gasteiger partial charge in [-0.15, -0.1) is 0 Å². The molecule has 3 N–H and O–H groups in total. The number of hydrogen-bond donors (Lipinski definition) is 2. The van der Waals surface area contributed by atoms with Crippen molar-refractivity contribution in [3.63, 3.8) is 0 Å². The van der Waals surface area contributed by atoms with Gasteiger partial charge in [0.2, 0.25) is 5.91 Å². The molecular weight excluding hydrogens is 198 g/mol. The molecule has 1 fully saturated rings. The van der Waals surface area contributed by atoms with Crippen molar-refractivity contribution in [1.29, 1.82) is 0 Å². The maximum Gasteiger partial charge on any atom is 0.236 e. The Morgan fingerprint density at radius 2 is 2.36 bits per heavy atom. The molecule has 1 aliphatic heterocycles. The Balaban J connectivity index is 2.21. The number of nitrogens with two attached hydrogens (primary N) is 1. The van der Waals surface area contributed by atoms with Crippen molar-refractivity contribution in [3.8, 4) is 0 Å². The zero-order chi connectivity index (χ0) is 9.97. The molecule has 0 unspecified atom stereocenters. The summed E-state index contributed by atoms with van der Waals surface area (Å²) < 4.78 is 0. The number of nitrogen functional groups attached to an aromatic ring is 1. The van der Waals surface area contributed by atoms with Crippen LogP contribution in [0.25, 0.3) is 0 Å². The normalized spacial score (nSPS) is 18.6. The number of hydrogen-bond acceptors (Lipinski definition) is 4. The van der Waals surface area contributed by atoms with Crippen molar-refractivity contribution in [3.05, 3.63) is 24.3 Å². The van der Waals surface area contributed by atoms with E-state index >= 15 is 0 Å². The van der Waals surface area contributed by atoms with Crippen LogP contribution in [0, 0.1) is 0 Å². The van der Waals surface area contributed by atoms with Crippen LogP contribution in [-0.2, 0) is 4.79 Å². The van der Waals surface area contributed by atoms with Crippen molar-refractivity contribution in [2.45, 2.75) is 0 Å². The van der Waals surface area contributed by atoms with Crippen molar-refractivity contribution < 1.29 is 4.79 Å². The number of carbonyl (C=O) groups is 1. The monoisotopic (exact) mass is 207 g/mol. The fraction of sp³-hybridized carbons (Fsp3) is 0.111. The van der Waals surface area contributed by atoms with E-state index in [9.17, 15) is 4.79 Å². The quantitative estimate of drug-likeness (QED) is 0.678. The maximum absolute atomic E-state index is 10.9. The zero-order valence-electron chi connectivity index (χ0n) is 7.36. The summed E-state index contributed by atoms with van der Waals surface area (Å²) in [4.78, 5) is 15.1. The van der Waals surface area contributed by atoms with Crippen LogP contribution in [0.1, 0.15) is 0 Å². The molecule has 2 rings (SSSR count). The molecule has 1 aromatic carbocycles. The molecule has 1 aliphatic rings. The van der Waals surface area contributed by atoms with Gasteiger partial charge in [-0.05, 0) is 18.2 Å². The second-order valence-corrected chi connectivity index (χ2v) is 3.81. The van der Waals surface area contributed by atoms with E-state index < -0.39 is 0 Å². The Bertz CT molecular complexity index is 403. The molecule has 0 spiro atoms. The van der Waals surface area contributed by atoms with Gasteiger partial charge < -0.3 is 11.1 Å². The van der Waals surface area contributed by atoms with E-state index in [0.29, 0.717) is 16.6 Å². The number of nitrogens with one attached hydrogen (secondary N) is 1. The average molecular weight is 207 g/mol. The third-order valence-electron chi connectivity index (χ3n) is 1.69. The van der Waals surface area contributed by atoms with E-state index in [1.165, 1.54) is 11.8 Å². The molecule has 5 heteroatoms. The van der Waals surface area contributed by atoms with E-state index in [0.717, 1.165) is 5.69 Å². The molecule has 0 bridgehead atoms. The molecule has 0 aromatic heterocycles. The van der Waals surface area contributed by atoms with E-state index in [1.807, 2.05) is 12.1 Å². The summed E-state index contributed by atoms with van der Waals surface area (Å²) in [5, 5.41) is 3.29. The van der Waals surface area contributed by atoms with Crippen LogP contribution in [0.4, 0.5) is 11.4 Å². The summed E-state index contributed by atoms with van der Waals surface area (Å²) in [7, 11) is 0. The topological polar surface area (TPSA) is 67.5 Å². The number of anilines is 1. The fourth-order valence-electron chi connectivity index (χ4n) is 1.10. The summed E-state index contributed by atoms with van der Waals surface area (Å²) in [6, 6.07) is 7.23. The van der Waals surface area contributed by atoms with E-state index in [1.54, 1.807) is 12.1 Å². The van der Waals surface area contributed by atoms with E-state index in [2.05, 4.69) is 10.3 Å². The Hall–Kier alpha value is -1.49. The molecule has 1 aromatic rings. The Morgan fingerprint density at radius 1 is 1.50 bits per heavy atom. The minimum atomic E-state index is -0.00217. The number of amides is 1. The lowest BCUT2D eigenvalue weighted by Gasteiger charge is -1.97. The lowest BCUT2D eigenvalue weighted by molar-refractivity contribution is -0.116. The Labute approximate surface area is 85.6 Å². The van der Waals surface area contributed by atoms with Gasteiger partial charge in [-0.1, -0.05) is 17.8 Å². The molecule has 0 aliphatic carbocycles. The first-order valence-corrected chi connectivity index (χ1v) is 5.09. The summed E-state index contributed by atoms with van der Waals surface area (Å²) >= 11 is 1.40. The minimum Gasteiger partial charge on any atom is -0.399 e. The van der Waals surface area contributed by atoms with Crippen molar-refractivity contribution in [1.82, 2.24) is 5.32 Å². The van der Waals surface area contributed by atoms with Gasteiger partial charge in [0.25, 0.3) is 0 Å². The van der Waals surface area contributed by atoms with Crippen LogP contribution in [0.3, 0.4) is 0 Å². The predicted octanol–water partition coefficient (Wildman–Crippen LogP) is 1.12. The highest BCUT2D eigenvalue weighted by Gasteiger charge is 2.15. The first kappa shape index (κ1) is 9.08. The van der Waals surface area contributed by atoms with Crippen LogP contribution in [-0.4, -0.2) is 16.8 Å². The highest BCUT2D eigenvalue weighted by Crippen LogP contribution is 2.19. The maximum atomic E-state index is 10.9. The van der Waals surface area contributed by atoms with Gasteiger partial charge in [-0.3, -0.25) is 4.79 Å². The standard InChI is InChI=1S/C9H9N3OS/c10-6-2-1-3-7(4-6)11-9-12-8(13)5-14-9/h1-4H,5,10H2,(H,11,12,13). The van der Waals surface area contributed by atoms with Crippen LogP contribution < -0.4 is 11.1 Å². The van der Waals surface area contributed by atoms with Gasteiger partial charge in [0.05, 0.1) is 11.4 Å². The van der Waals surface area contributed by atoms with Gasteiger partial charge in [-0.25, -0.2) is 4.99 Å². The SMILES string of the molecule is Nc1cccc(N=C2NC(=O)CS2)c1.